The van der Waals surface area contributed by atoms with Gasteiger partial charge in [-0.25, -0.2) is 0 Å². The number of hydrogen-bond acceptors (Lipinski definition) is 5. The number of hydrogen-bond donors (Lipinski definition) is 3. The van der Waals surface area contributed by atoms with Crippen molar-refractivity contribution >= 4 is 30.1 Å². The van der Waals surface area contributed by atoms with Crippen molar-refractivity contribution in [2.45, 2.75) is 19.3 Å². The van der Waals surface area contributed by atoms with Gasteiger partial charge in [0.2, 0.25) is 0 Å². The van der Waals surface area contributed by atoms with Crippen LogP contribution in [0.1, 0.15) is 29.6 Å². The highest BCUT2D eigenvalue weighted by atomic mass is 16.4. The van der Waals surface area contributed by atoms with Gasteiger partial charge < -0.3 is 21.1 Å². The van der Waals surface area contributed by atoms with Crippen LogP contribution in [0.15, 0.2) is 34.3 Å². The van der Waals surface area contributed by atoms with Crippen molar-refractivity contribution < 1.29 is 14.7 Å². The summed E-state index contributed by atoms with van der Waals surface area (Å²) in [4.78, 5) is 32.3. The van der Waals surface area contributed by atoms with Gasteiger partial charge in [-0.2, -0.15) is 0 Å². The lowest BCUT2D eigenvalue weighted by atomic mass is 10.1. The topological polar surface area (TPSA) is 120 Å². The molecule has 0 aliphatic carbocycles. The van der Waals surface area contributed by atoms with Crippen molar-refractivity contribution in [1.29, 1.82) is 0 Å². The number of aliphatic imine (C=N–C) groups is 2. The van der Waals surface area contributed by atoms with Gasteiger partial charge in [0.15, 0.2) is 0 Å². The molecule has 0 heterocycles. The number of rotatable bonds is 11. The summed E-state index contributed by atoms with van der Waals surface area (Å²) in [5, 5.41) is 11.3. The second kappa shape index (κ2) is 11.6. The second-order valence-electron chi connectivity index (χ2n) is 5.35. The largest absolute Gasteiger partial charge is 0.481 e. The van der Waals surface area contributed by atoms with Crippen LogP contribution in [0.25, 0.3) is 0 Å². The lowest BCUT2D eigenvalue weighted by Crippen LogP contribution is -2.25. The molecule has 136 valence electrons. The van der Waals surface area contributed by atoms with Gasteiger partial charge in [0.05, 0.1) is 6.34 Å². The minimum absolute atomic E-state index is 0.0475. The predicted molar refractivity (Wildman–Crippen MR) is 99.6 cm³/mol. The number of carboxylic acids is 1. The number of nitrogens with zero attached hydrogens (tertiary/aromatic N) is 3. The van der Waals surface area contributed by atoms with Crippen LogP contribution in [0.5, 0.6) is 0 Å². The third kappa shape index (κ3) is 8.50. The van der Waals surface area contributed by atoms with E-state index in [1.807, 2.05) is 25.4 Å². The molecule has 1 aromatic carbocycles. The number of benzene rings is 1. The Labute approximate surface area is 147 Å². The van der Waals surface area contributed by atoms with Gasteiger partial charge in [-0.1, -0.05) is 0 Å². The van der Waals surface area contributed by atoms with Gasteiger partial charge in [0.1, 0.15) is 6.67 Å². The first-order valence-electron chi connectivity index (χ1n) is 8.04. The molecule has 0 saturated heterocycles. The van der Waals surface area contributed by atoms with Crippen LogP contribution in [-0.4, -0.2) is 56.3 Å². The first-order valence-corrected chi connectivity index (χ1v) is 8.04. The second-order valence-corrected chi connectivity index (χ2v) is 5.35. The van der Waals surface area contributed by atoms with E-state index in [9.17, 15) is 9.59 Å². The van der Waals surface area contributed by atoms with E-state index < -0.39 is 5.97 Å². The van der Waals surface area contributed by atoms with Crippen LogP contribution in [0.2, 0.25) is 0 Å². The number of amides is 1. The Bertz CT molecular complexity index is 599. The number of anilines is 1. The van der Waals surface area contributed by atoms with Crippen molar-refractivity contribution in [2.24, 2.45) is 15.7 Å². The zero-order valence-electron chi connectivity index (χ0n) is 14.4. The van der Waals surface area contributed by atoms with Crippen LogP contribution in [0.3, 0.4) is 0 Å². The van der Waals surface area contributed by atoms with E-state index in [1.54, 1.807) is 12.1 Å². The molecule has 0 saturated carbocycles. The summed E-state index contributed by atoms with van der Waals surface area (Å²) in [6.07, 6.45) is 4.28. The Morgan fingerprint density at radius 2 is 2.00 bits per heavy atom. The van der Waals surface area contributed by atoms with Gasteiger partial charge in [-0.15, -0.1) is 0 Å². The summed E-state index contributed by atoms with van der Waals surface area (Å²) in [6.45, 7) is 1.48. The highest BCUT2D eigenvalue weighted by Gasteiger charge is 2.06. The molecule has 0 spiro atoms. The molecule has 1 rings (SSSR count). The molecule has 25 heavy (non-hydrogen) atoms. The van der Waals surface area contributed by atoms with E-state index in [4.69, 9.17) is 10.8 Å². The average Bonchev–Trinajstić information content (AvgIpc) is 2.61. The number of nitrogens with one attached hydrogen (secondary N) is 1. The Morgan fingerprint density at radius 3 is 2.64 bits per heavy atom. The summed E-state index contributed by atoms with van der Waals surface area (Å²) in [7, 11) is 1.97. The quantitative estimate of drug-likeness (QED) is 0.315. The SMILES string of the molecule is CN(CC/C=N\C/N=C/N)c1ccc(C(=O)NCCCC(=O)O)cc1. The van der Waals surface area contributed by atoms with Crippen molar-refractivity contribution in [1.82, 2.24) is 5.32 Å². The van der Waals surface area contributed by atoms with Crippen LogP contribution in [0, 0.1) is 0 Å². The van der Waals surface area contributed by atoms with Crippen molar-refractivity contribution in [3.63, 3.8) is 0 Å². The van der Waals surface area contributed by atoms with E-state index in [0.717, 1.165) is 18.7 Å². The Balaban J connectivity index is 2.39. The first kappa shape index (κ1) is 20.1. The fraction of sp³-hybridized carbons (Fsp3) is 0.412. The van der Waals surface area contributed by atoms with Crippen molar-refractivity contribution in [2.75, 3.05) is 31.7 Å². The molecule has 1 aromatic rings. The van der Waals surface area contributed by atoms with Crippen LogP contribution in [0.4, 0.5) is 5.69 Å². The molecule has 1 amide bonds. The summed E-state index contributed by atoms with van der Waals surface area (Å²) in [6, 6.07) is 7.26. The van der Waals surface area contributed by atoms with Crippen LogP contribution >= 0.6 is 0 Å². The lowest BCUT2D eigenvalue weighted by molar-refractivity contribution is -0.137. The fourth-order valence-corrected chi connectivity index (χ4v) is 2.03. The van der Waals surface area contributed by atoms with Gasteiger partial charge >= 0.3 is 5.97 Å². The van der Waals surface area contributed by atoms with Crippen molar-refractivity contribution in [3.8, 4) is 0 Å². The van der Waals surface area contributed by atoms with Crippen LogP contribution in [-0.2, 0) is 4.79 Å². The number of carboxylic acid groups (broad SMARTS) is 1. The van der Waals surface area contributed by atoms with Gasteiger partial charge in [-0.05, 0) is 37.1 Å². The molecule has 0 bridgehead atoms. The standard InChI is InChI=1S/C17H25N5O3/c1-22(11-3-9-19-13-20-12-18)15-7-5-14(6-8-15)17(25)21-10-2-4-16(23)24/h5-9,12H,2-4,10-11,13H2,1H3,(H2,18,20)(H,21,25)(H,23,24)/b19-9-. The summed E-state index contributed by atoms with van der Waals surface area (Å²) in [5.41, 5.74) is 6.67. The van der Waals surface area contributed by atoms with E-state index in [0.29, 0.717) is 25.2 Å². The summed E-state index contributed by atoms with van der Waals surface area (Å²) in [5.74, 6) is -1.06. The summed E-state index contributed by atoms with van der Waals surface area (Å²) < 4.78 is 0. The van der Waals surface area contributed by atoms with Gasteiger partial charge in [0.25, 0.3) is 5.91 Å². The average molecular weight is 347 g/mol. The minimum atomic E-state index is -0.862. The summed E-state index contributed by atoms with van der Waals surface area (Å²) >= 11 is 0. The minimum Gasteiger partial charge on any atom is -0.481 e. The van der Waals surface area contributed by atoms with Crippen molar-refractivity contribution in [3.05, 3.63) is 29.8 Å². The third-order valence-corrected chi connectivity index (χ3v) is 3.41. The molecular formula is C17H25N5O3. The fourth-order valence-electron chi connectivity index (χ4n) is 2.03. The molecule has 0 fully saturated rings. The number of carbonyl (C=O) groups excluding carboxylic acids is 1. The van der Waals surface area contributed by atoms with E-state index in [2.05, 4.69) is 20.2 Å². The molecule has 8 heteroatoms. The van der Waals surface area contributed by atoms with E-state index >= 15 is 0 Å². The molecule has 0 aliphatic rings. The Morgan fingerprint density at radius 1 is 1.28 bits per heavy atom. The molecule has 0 aliphatic heterocycles. The number of carbonyl (C=O) groups is 2. The zero-order chi connectivity index (χ0) is 18.5. The highest BCUT2D eigenvalue weighted by Crippen LogP contribution is 2.14. The first-order chi connectivity index (χ1) is 12.0. The number of nitrogens with two attached hydrogens (primary N) is 1. The maximum Gasteiger partial charge on any atom is 0.303 e. The zero-order valence-corrected chi connectivity index (χ0v) is 14.4. The lowest BCUT2D eigenvalue weighted by Gasteiger charge is -2.18. The molecule has 4 N–H and O–H groups in total. The number of aliphatic carboxylic acids is 1. The molecule has 0 aromatic heterocycles. The molecule has 0 unspecified atom stereocenters. The molecule has 0 radical (unpaired) electrons. The smallest absolute Gasteiger partial charge is 0.303 e. The highest BCUT2D eigenvalue weighted by molar-refractivity contribution is 5.94. The Hall–Kier alpha value is -2.90. The van der Waals surface area contributed by atoms with E-state index in [1.165, 1.54) is 6.34 Å². The van der Waals surface area contributed by atoms with Crippen LogP contribution < -0.4 is 16.0 Å². The van der Waals surface area contributed by atoms with Gasteiger partial charge in [-0.3, -0.25) is 19.6 Å². The maximum absolute atomic E-state index is 12.0. The molecular weight excluding hydrogens is 322 g/mol. The third-order valence-electron chi connectivity index (χ3n) is 3.41. The molecule has 8 nitrogen and oxygen atoms in total. The van der Waals surface area contributed by atoms with E-state index in [-0.39, 0.29) is 12.3 Å². The Kier molecular flexibility index (Phi) is 9.35. The van der Waals surface area contributed by atoms with Gasteiger partial charge in [0, 0.05) is 44.0 Å². The predicted octanol–water partition coefficient (Wildman–Crippen LogP) is 1.12. The monoisotopic (exact) mass is 347 g/mol. The molecule has 0 atom stereocenters. The maximum atomic E-state index is 12.0. The normalized spacial score (nSPS) is 11.1.